The van der Waals surface area contributed by atoms with Crippen LogP contribution in [0.25, 0.3) is 0 Å². The summed E-state index contributed by atoms with van der Waals surface area (Å²) in [6, 6.07) is 0. The smallest absolute Gasteiger partial charge is 0.433 e. The summed E-state index contributed by atoms with van der Waals surface area (Å²) in [5.74, 6) is -1.89. The van der Waals surface area contributed by atoms with Gasteiger partial charge in [0.1, 0.15) is 0 Å². The average Bonchev–Trinajstić information content (AvgIpc) is 1.96. The van der Waals surface area contributed by atoms with E-state index in [1.54, 1.807) is 0 Å². The van der Waals surface area contributed by atoms with Crippen molar-refractivity contribution in [2.75, 3.05) is 0 Å². The molecule has 0 fully saturated rings. The lowest BCUT2D eigenvalue weighted by atomic mass is 10.2. The van der Waals surface area contributed by atoms with Crippen molar-refractivity contribution in [3.8, 4) is 0 Å². The number of carboxylic acid groups (broad SMARTS) is 1. The molecule has 0 amide bonds. The Morgan fingerprint density at radius 2 is 1.93 bits per heavy atom. The van der Waals surface area contributed by atoms with Gasteiger partial charge in [-0.25, -0.2) is 14.2 Å². The van der Waals surface area contributed by atoms with E-state index in [0.29, 0.717) is 0 Å². The fraction of sp³-hybridized carbons (Fsp3) is 0.429. The summed E-state index contributed by atoms with van der Waals surface area (Å²) in [6.45, 7) is 3.41. The van der Waals surface area contributed by atoms with Gasteiger partial charge in [0.25, 0.3) is 0 Å². The Hall–Kier alpha value is -1.40. The molecule has 0 heterocycles. The van der Waals surface area contributed by atoms with E-state index in [0.717, 1.165) is 6.92 Å². The van der Waals surface area contributed by atoms with Gasteiger partial charge < -0.3 is 5.11 Å². The zero-order chi connectivity index (χ0) is 11.5. The largest absolute Gasteiger partial charge is 0.478 e. The van der Waals surface area contributed by atoms with Crippen LogP contribution in [0.2, 0.25) is 0 Å². The highest BCUT2D eigenvalue weighted by molar-refractivity contribution is 6.20. The predicted molar refractivity (Wildman–Crippen MR) is 40.8 cm³/mol. The maximum atomic E-state index is 12.2. The molecule has 80 valence electrons. The lowest BCUT2D eigenvalue weighted by Crippen LogP contribution is -2.29. The van der Waals surface area contributed by atoms with Crippen LogP contribution in [0.1, 0.15) is 6.92 Å². The van der Waals surface area contributed by atoms with Gasteiger partial charge in [0, 0.05) is 0 Å². The van der Waals surface area contributed by atoms with Crippen LogP contribution in [-0.2, 0) is 4.79 Å². The quantitative estimate of drug-likeness (QED) is 0.337. The lowest BCUT2D eigenvalue weighted by molar-refractivity contribution is -0.132. The van der Waals surface area contributed by atoms with Crippen LogP contribution in [0.15, 0.2) is 17.1 Å². The Kier molecular flexibility index (Phi) is 3.79. The first-order chi connectivity index (χ1) is 6.16. The zero-order valence-electron chi connectivity index (χ0n) is 7.10. The first kappa shape index (κ1) is 12.6. The predicted octanol–water partition coefficient (Wildman–Crippen LogP) is 1.95. The maximum absolute atomic E-state index is 12.2. The van der Waals surface area contributed by atoms with Crippen molar-refractivity contribution in [2.24, 2.45) is 4.99 Å². The van der Waals surface area contributed by atoms with Crippen LogP contribution in [0, 0.1) is 0 Å². The second-order valence-corrected chi connectivity index (χ2v) is 2.33. The van der Waals surface area contributed by atoms with Crippen molar-refractivity contribution >= 4 is 11.7 Å². The first-order valence-electron chi connectivity index (χ1n) is 3.38. The van der Waals surface area contributed by atoms with Crippen LogP contribution in [0.5, 0.6) is 0 Å². The minimum absolute atomic E-state index is 0.751. The first-order valence-corrected chi connectivity index (χ1v) is 3.38. The van der Waals surface area contributed by atoms with E-state index >= 15 is 0 Å². The van der Waals surface area contributed by atoms with Gasteiger partial charge in [-0.05, 0) is 6.92 Å². The summed E-state index contributed by atoms with van der Waals surface area (Å²) in [5, 5.41) is 8.23. The molecular weight excluding hydrogens is 206 g/mol. The topological polar surface area (TPSA) is 49.7 Å². The van der Waals surface area contributed by atoms with Gasteiger partial charge in [-0.2, -0.15) is 13.2 Å². The molecule has 0 saturated heterocycles. The van der Waals surface area contributed by atoms with Crippen molar-refractivity contribution in [1.29, 1.82) is 0 Å². The number of carboxylic acids is 1. The number of hydrogen-bond acceptors (Lipinski definition) is 2. The van der Waals surface area contributed by atoms with Gasteiger partial charge in [0.2, 0.25) is 0 Å². The number of nitrogens with zero attached hydrogens (tertiary/aromatic N) is 1. The number of aliphatic imine (C=N–C) groups is 1. The highest BCUT2D eigenvalue weighted by Crippen LogP contribution is 2.22. The van der Waals surface area contributed by atoms with Crippen LogP contribution in [-0.4, -0.2) is 29.3 Å². The number of aliphatic carboxylic acids is 1. The van der Waals surface area contributed by atoms with Gasteiger partial charge in [-0.3, -0.25) is 0 Å². The summed E-state index contributed by atoms with van der Waals surface area (Å²) < 4.78 is 48.4. The fourth-order valence-electron chi connectivity index (χ4n) is 0.601. The number of rotatable bonds is 3. The molecule has 0 rings (SSSR count). The van der Waals surface area contributed by atoms with Crippen molar-refractivity contribution in [3.63, 3.8) is 0 Å². The Morgan fingerprint density at radius 1 is 1.50 bits per heavy atom. The fourth-order valence-corrected chi connectivity index (χ4v) is 0.601. The molecule has 0 radical (unpaired) electrons. The van der Waals surface area contributed by atoms with E-state index < -0.39 is 29.7 Å². The SMILES string of the molecule is C=C(C(=O)O)C(=NC(C)F)C(F)(F)F. The molecular formula is C7H7F4NO2. The molecule has 7 heteroatoms. The number of carbonyl (C=O) groups is 1. The van der Waals surface area contributed by atoms with Crippen LogP contribution in [0.3, 0.4) is 0 Å². The minimum Gasteiger partial charge on any atom is -0.478 e. The normalized spacial score (nSPS) is 15.1. The van der Waals surface area contributed by atoms with E-state index in [1.807, 2.05) is 0 Å². The Bertz CT molecular complexity index is 280. The van der Waals surface area contributed by atoms with Crippen molar-refractivity contribution in [3.05, 3.63) is 12.2 Å². The maximum Gasteiger partial charge on any atom is 0.433 e. The van der Waals surface area contributed by atoms with Gasteiger partial charge >= 0.3 is 12.1 Å². The molecule has 0 aliphatic rings. The molecule has 0 saturated carbocycles. The highest BCUT2D eigenvalue weighted by Gasteiger charge is 2.39. The summed E-state index contributed by atoms with van der Waals surface area (Å²) in [5.41, 5.74) is -3.08. The molecule has 0 spiro atoms. The third kappa shape index (κ3) is 3.55. The van der Waals surface area contributed by atoms with Crippen molar-refractivity contribution in [2.45, 2.75) is 19.4 Å². The lowest BCUT2D eigenvalue weighted by Gasteiger charge is -2.10. The standard InChI is InChI=1S/C7H7F4NO2/c1-3(6(13)14)5(7(9,10)11)12-4(2)8/h4H,1H2,2H3,(H,13,14). The summed E-state index contributed by atoms with van der Waals surface area (Å²) in [6.07, 6.45) is -7.15. The Labute approximate surface area is 76.8 Å². The van der Waals surface area contributed by atoms with Gasteiger partial charge in [0.05, 0.1) is 5.57 Å². The van der Waals surface area contributed by atoms with E-state index in [1.165, 1.54) is 0 Å². The van der Waals surface area contributed by atoms with Gasteiger partial charge in [-0.15, -0.1) is 0 Å². The minimum atomic E-state index is -5.02. The van der Waals surface area contributed by atoms with Gasteiger partial charge in [-0.1, -0.05) is 6.58 Å². The molecule has 0 aliphatic heterocycles. The summed E-state index contributed by atoms with van der Waals surface area (Å²) >= 11 is 0. The van der Waals surface area contributed by atoms with E-state index in [-0.39, 0.29) is 0 Å². The number of hydrogen-bond donors (Lipinski definition) is 1. The van der Waals surface area contributed by atoms with Crippen LogP contribution >= 0.6 is 0 Å². The molecule has 0 aromatic carbocycles. The number of halogens is 4. The molecule has 14 heavy (non-hydrogen) atoms. The molecule has 0 aromatic heterocycles. The molecule has 3 nitrogen and oxygen atoms in total. The van der Waals surface area contributed by atoms with E-state index in [9.17, 15) is 22.4 Å². The second-order valence-electron chi connectivity index (χ2n) is 2.33. The van der Waals surface area contributed by atoms with Crippen molar-refractivity contribution < 1.29 is 27.5 Å². The highest BCUT2D eigenvalue weighted by atomic mass is 19.4. The van der Waals surface area contributed by atoms with Gasteiger partial charge in [0.15, 0.2) is 12.0 Å². The Morgan fingerprint density at radius 3 is 2.14 bits per heavy atom. The molecule has 1 unspecified atom stereocenters. The summed E-state index contributed by atoms with van der Waals surface area (Å²) in [4.78, 5) is 12.7. The van der Waals surface area contributed by atoms with E-state index in [2.05, 4.69) is 11.6 Å². The molecule has 0 bridgehead atoms. The van der Waals surface area contributed by atoms with Crippen molar-refractivity contribution in [1.82, 2.24) is 0 Å². The molecule has 0 aliphatic carbocycles. The second kappa shape index (κ2) is 4.21. The summed E-state index contributed by atoms with van der Waals surface area (Å²) in [7, 11) is 0. The zero-order valence-corrected chi connectivity index (χ0v) is 7.10. The van der Waals surface area contributed by atoms with Crippen LogP contribution < -0.4 is 0 Å². The third-order valence-electron chi connectivity index (χ3n) is 1.12. The molecule has 1 atom stereocenters. The third-order valence-corrected chi connectivity index (χ3v) is 1.12. The number of alkyl halides is 4. The Balaban J connectivity index is 5.14. The van der Waals surface area contributed by atoms with E-state index in [4.69, 9.17) is 5.11 Å². The molecule has 1 N–H and O–H groups in total. The average molecular weight is 213 g/mol. The van der Waals surface area contributed by atoms with Crippen LogP contribution in [0.4, 0.5) is 17.6 Å². The molecule has 0 aromatic rings. The monoisotopic (exact) mass is 213 g/mol.